The highest BCUT2D eigenvalue weighted by Crippen LogP contribution is 2.26. The summed E-state index contributed by atoms with van der Waals surface area (Å²) >= 11 is 3.37. The largest absolute Gasteiger partial charge is 0.496 e. The zero-order valence-corrected chi connectivity index (χ0v) is 12.3. The van der Waals surface area contributed by atoms with Gasteiger partial charge in [-0.3, -0.25) is 4.79 Å². The Morgan fingerprint density at radius 2 is 2.21 bits per heavy atom. The van der Waals surface area contributed by atoms with Gasteiger partial charge in [0.05, 0.1) is 24.4 Å². The molecule has 100 valence electrons. The van der Waals surface area contributed by atoms with Gasteiger partial charge in [0.25, 0.3) is 5.91 Å². The zero-order chi connectivity index (χ0) is 13.8. The molecule has 0 atom stereocenters. The first-order valence-electron chi connectivity index (χ1n) is 5.73. The van der Waals surface area contributed by atoms with E-state index in [1.807, 2.05) is 6.07 Å². The van der Waals surface area contributed by atoms with Crippen LogP contribution in [-0.2, 0) is 6.54 Å². The summed E-state index contributed by atoms with van der Waals surface area (Å²) in [4.78, 5) is 13.8. The van der Waals surface area contributed by atoms with E-state index in [0.717, 1.165) is 10.2 Å². The highest BCUT2D eigenvalue weighted by atomic mass is 79.9. The first-order chi connectivity index (χ1) is 9.11. The number of hydrogen-bond donors (Lipinski definition) is 0. The second kappa shape index (κ2) is 5.93. The van der Waals surface area contributed by atoms with Crippen molar-refractivity contribution in [2.24, 2.45) is 0 Å². The Kier molecular flexibility index (Phi) is 4.27. The lowest BCUT2D eigenvalue weighted by atomic mass is 10.2. The van der Waals surface area contributed by atoms with E-state index < -0.39 is 0 Å². The number of halogens is 1. The minimum atomic E-state index is -0.0697. The Morgan fingerprint density at radius 3 is 2.79 bits per heavy atom. The summed E-state index contributed by atoms with van der Waals surface area (Å²) in [6.45, 7) is 0.440. The molecular formula is C14H14BrNO3. The molecule has 0 aliphatic heterocycles. The van der Waals surface area contributed by atoms with E-state index in [2.05, 4.69) is 15.9 Å². The van der Waals surface area contributed by atoms with E-state index in [-0.39, 0.29) is 5.91 Å². The van der Waals surface area contributed by atoms with Gasteiger partial charge in [0.15, 0.2) is 0 Å². The summed E-state index contributed by atoms with van der Waals surface area (Å²) in [6, 6.07) is 8.90. The molecule has 5 heteroatoms. The number of hydrogen-bond acceptors (Lipinski definition) is 3. The molecule has 1 heterocycles. The fourth-order valence-corrected chi connectivity index (χ4v) is 2.27. The molecule has 0 radical (unpaired) electrons. The normalized spacial score (nSPS) is 10.3. The van der Waals surface area contributed by atoms with Crippen molar-refractivity contribution in [1.29, 1.82) is 0 Å². The third-order valence-electron chi connectivity index (χ3n) is 2.72. The van der Waals surface area contributed by atoms with Crippen LogP contribution in [0.5, 0.6) is 5.75 Å². The smallest absolute Gasteiger partial charge is 0.254 e. The van der Waals surface area contributed by atoms with Crippen molar-refractivity contribution in [3.8, 4) is 5.75 Å². The summed E-state index contributed by atoms with van der Waals surface area (Å²) in [5, 5.41) is 0. The molecule has 1 amide bonds. The van der Waals surface area contributed by atoms with Gasteiger partial charge in [-0.25, -0.2) is 0 Å². The lowest BCUT2D eigenvalue weighted by Gasteiger charge is -2.16. The molecule has 0 unspecified atom stereocenters. The van der Waals surface area contributed by atoms with Gasteiger partial charge in [0, 0.05) is 12.6 Å². The lowest BCUT2D eigenvalue weighted by molar-refractivity contribution is 0.0775. The maximum absolute atomic E-state index is 12.2. The molecule has 0 saturated heterocycles. The number of ether oxygens (including phenoxy) is 1. The fourth-order valence-electron chi connectivity index (χ4n) is 1.73. The van der Waals surface area contributed by atoms with E-state index in [1.165, 1.54) is 0 Å². The van der Waals surface area contributed by atoms with Crippen LogP contribution in [0, 0.1) is 0 Å². The number of carbonyl (C=O) groups is 1. The van der Waals surface area contributed by atoms with Crippen molar-refractivity contribution in [2.45, 2.75) is 6.54 Å². The lowest BCUT2D eigenvalue weighted by Crippen LogP contribution is -2.25. The second-order valence-electron chi connectivity index (χ2n) is 4.09. The quantitative estimate of drug-likeness (QED) is 0.866. The summed E-state index contributed by atoms with van der Waals surface area (Å²) in [6.07, 6.45) is 1.59. The van der Waals surface area contributed by atoms with Gasteiger partial charge in [-0.15, -0.1) is 0 Å². The van der Waals surface area contributed by atoms with Gasteiger partial charge in [-0.2, -0.15) is 0 Å². The van der Waals surface area contributed by atoms with Gasteiger partial charge in [0.1, 0.15) is 11.5 Å². The Balaban J connectivity index is 2.12. The summed E-state index contributed by atoms with van der Waals surface area (Å²) in [7, 11) is 3.33. The van der Waals surface area contributed by atoms with Gasteiger partial charge < -0.3 is 14.1 Å². The molecule has 2 rings (SSSR count). The molecule has 4 nitrogen and oxygen atoms in total. The third kappa shape index (κ3) is 3.17. The van der Waals surface area contributed by atoms with Crippen LogP contribution in [-0.4, -0.2) is 25.0 Å². The minimum Gasteiger partial charge on any atom is -0.496 e. The van der Waals surface area contributed by atoms with Gasteiger partial charge in [-0.05, 0) is 46.3 Å². The van der Waals surface area contributed by atoms with E-state index in [4.69, 9.17) is 9.15 Å². The molecule has 0 aliphatic carbocycles. The molecular weight excluding hydrogens is 310 g/mol. The summed E-state index contributed by atoms with van der Waals surface area (Å²) in [5.41, 5.74) is 0.599. The summed E-state index contributed by atoms with van der Waals surface area (Å²) < 4.78 is 11.1. The van der Waals surface area contributed by atoms with Crippen molar-refractivity contribution < 1.29 is 13.9 Å². The zero-order valence-electron chi connectivity index (χ0n) is 10.7. The number of furan rings is 1. The van der Waals surface area contributed by atoms with Crippen LogP contribution in [0.4, 0.5) is 0 Å². The standard InChI is InChI=1S/C14H14BrNO3/c1-16(9-11-4-3-7-19-11)14(17)10-5-6-13(18-2)12(15)8-10/h3-8H,9H2,1-2H3. The molecule has 2 aromatic rings. The van der Waals surface area contributed by atoms with Gasteiger partial charge in [0.2, 0.25) is 0 Å². The average molecular weight is 324 g/mol. The number of nitrogens with zero attached hydrogens (tertiary/aromatic N) is 1. The second-order valence-corrected chi connectivity index (χ2v) is 4.94. The van der Waals surface area contributed by atoms with Crippen LogP contribution in [0.1, 0.15) is 16.1 Å². The maximum atomic E-state index is 12.2. The van der Waals surface area contributed by atoms with Crippen LogP contribution in [0.3, 0.4) is 0 Å². The molecule has 19 heavy (non-hydrogen) atoms. The van der Waals surface area contributed by atoms with Gasteiger partial charge in [-0.1, -0.05) is 0 Å². The Labute approximate surface area is 120 Å². The Hall–Kier alpha value is -1.75. The van der Waals surface area contributed by atoms with E-state index in [1.54, 1.807) is 49.6 Å². The van der Waals surface area contributed by atoms with Gasteiger partial charge >= 0.3 is 0 Å². The Bertz CT molecular complexity index is 566. The molecule has 1 aromatic heterocycles. The van der Waals surface area contributed by atoms with Crippen LogP contribution in [0.2, 0.25) is 0 Å². The number of amides is 1. The predicted octanol–water partition coefficient (Wildman–Crippen LogP) is 3.32. The molecule has 0 saturated carbocycles. The highest BCUT2D eigenvalue weighted by Gasteiger charge is 2.14. The number of methoxy groups -OCH3 is 1. The highest BCUT2D eigenvalue weighted by molar-refractivity contribution is 9.10. The molecule has 0 fully saturated rings. The monoisotopic (exact) mass is 323 g/mol. The van der Waals surface area contributed by atoms with Crippen molar-refractivity contribution in [1.82, 2.24) is 4.90 Å². The third-order valence-corrected chi connectivity index (χ3v) is 3.34. The van der Waals surface area contributed by atoms with Crippen LogP contribution in [0.15, 0.2) is 45.5 Å². The van der Waals surface area contributed by atoms with Crippen LogP contribution < -0.4 is 4.74 Å². The first-order valence-corrected chi connectivity index (χ1v) is 6.52. The molecule has 0 aliphatic rings. The summed E-state index contributed by atoms with van der Waals surface area (Å²) in [5.74, 6) is 1.38. The van der Waals surface area contributed by atoms with E-state index in [0.29, 0.717) is 17.9 Å². The first kappa shape index (κ1) is 13.7. The van der Waals surface area contributed by atoms with Crippen molar-refractivity contribution >= 4 is 21.8 Å². The number of rotatable bonds is 4. The predicted molar refractivity (Wildman–Crippen MR) is 75.2 cm³/mol. The fraction of sp³-hybridized carbons (Fsp3) is 0.214. The minimum absolute atomic E-state index is 0.0697. The SMILES string of the molecule is COc1ccc(C(=O)N(C)Cc2ccco2)cc1Br. The molecule has 0 N–H and O–H groups in total. The molecule has 0 spiro atoms. The van der Waals surface area contributed by atoms with E-state index >= 15 is 0 Å². The Morgan fingerprint density at radius 1 is 1.42 bits per heavy atom. The number of carbonyl (C=O) groups excluding carboxylic acids is 1. The van der Waals surface area contributed by atoms with Crippen LogP contribution in [0.25, 0.3) is 0 Å². The number of benzene rings is 1. The van der Waals surface area contributed by atoms with Crippen LogP contribution >= 0.6 is 15.9 Å². The maximum Gasteiger partial charge on any atom is 0.254 e. The average Bonchev–Trinajstić information content (AvgIpc) is 2.90. The van der Waals surface area contributed by atoms with Crippen molar-refractivity contribution in [2.75, 3.05) is 14.2 Å². The molecule has 1 aromatic carbocycles. The van der Waals surface area contributed by atoms with Crippen molar-refractivity contribution in [3.63, 3.8) is 0 Å². The molecule has 0 bridgehead atoms. The van der Waals surface area contributed by atoms with E-state index in [9.17, 15) is 4.79 Å². The topological polar surface area (TPSA) is 42.7 Å². The van der Waals surface area contributed by atoms with Crippen molar-refractivity contribution in [3.05, 3.63) is 52.4 Å².